The number of methoxy groups -OCH3 is 1. The Bertz CT molecular complexity index is 730. The van der Waals surface area contributed by atoms with E-state index in [1.54, 1.807) is 12.1 Å². The fraction of sp³-hybridized carbons (Fsp3) is 0.235. The summed E-state index contributed by atoms with van der Waals surface area (Å²) in [7, 11) is 1.50. The van der Waals surface area contributed by atoms with Gasteiger partial charge in [-0.05, 0) is 31.2 Å². The first kappa shape index (κ1) is 16.9. The van der Waals surface area contributed by atoms with Gasteiger partial charge in [0.15, 0.2) is 0 Å². The van der Waals surface area contributed by atoms with E-state index in [0.29, 0.717) is 17.4 Å². The molecule has 1 unspecified atom stereocenters. The number of phenols is 1. The Morgan fingerprint density at radius 3 is 2.61 bits per heavy atom. The van der Waals surface area contributed by atoms with Gasteiger partial charge in [-0.3, -0.25) is 4.99 Å². The number of nitrogens with zero attached hydrogens (tertiary/aromatic N) is 1. The van der Waals surface area contributed by atoms with Crippen molar-refractivity contribution >= 4 is 6.21 Å². The minimum absolute atomic E-state index is 0.00200. The average Bonchev–Trinajstić information content (AvgIpc) is 2.48. The second kappa shape index (κ2) is 6.75. The van der Waals surface area contributed by atoms with Crippen molar-refractivity contribution in [3.05, 3.63) is 59.2 Å². The van der Waals surface area contributed by atoms with Gasteiger partial charge in [0.25, 0.3) is 0 Å². The summed E-state index contributed by atoms with van der Waals surface area (Å²) in [5.41, 5.74) is -1.26. The molecule has 0 radical (unpaired) electrons. The third kappa shape index (κ3) is 4.04. The zero-order valence-corrected chi connectivity index (χ0v) is 12.8. The number of halogens is 2. The van der Waals surface area contributed by atoms with E-state index in [1.165, 1.54) is 32.4 Å². The van der Waals surface area contributed by atoms with Crippen LogP contribution in [0.3, 0.4) is 0 Å². The van der Waals surface area contributed by atoms with Crippen LogP contribution in [-0.4, -0.2) is 30.1 Å². The lowest BCUT2D eigenvalue weighted by atomic mass is 9.95. The lowest BCUT2D eigenvalue weighted by molar-refractivity contribution is 0.0635. The van der Waals surface area contributed by atoms with Crippen LogP contribution in [0.1, 0.15) is 18.1 Å². The van der Waals surface area contributed by atoms with Crippen LogP contribution in [0.4, 0.5) is 8.78 Å². The maximum atomic E-state index is 13.8. The van der Waals surface area contributed by atoms with Gasteiger partial charge in [0.05, 0.1) is 13.7 Å². The second-order valence-corrected chi connectivity index (χ2v) is 5.29. The lowest BCUT2D eigenvalue weighted by Gasteiger charge is -2.22. The summed E-state index contributed by atoms with van der Waals surface area (Å²) in [6.45, 7) is 1.22. The highest BCUT2D eigenvalue weighted by molar-refractivity contribution is 5.84. The van der Waals surface area contributed by atoms with Gasteiger partial charge >= 0.3 is 0 Å². The van der Waals surface area contributed by atoms with Crippen molar-refractivity contribution in [1.82, 2.24) is 0 Å². The molecule has 0 amide bonds. The SMILES string of the molecule is COc1ccc(O)c(C=NCC(C)(O)c2ccc(F)cc2F)c1. The molecule has 2 aromatic rings. The van der Waals surface area contributed by atoms with Crippen molar-refractivity contribution in [1.29, 1.82) is 0 Å². The number of benzene rings is 2. The molecular formula is C17H17F2NO3. The summed E-state index contributed by atoms with van der Waals surface area (Å²) in [6, 6.07) is 7.59. The van der Waals surface area contributed by atoms with Gasteiger partial charge in [-0.25, -0.2) is 8.78 Å². The van der Waals surface area contributed by atoms with Crippen LogP contribution in [-0.2, 0) is 5.60 Å². The van der Waals surface area contributed by atoms with E-state index < -0.39 is 17.2 Å². The van der Waals surface area contributed by atoms with Crippen molar-refractivity contribution in [2.24, 2.45) is 4.99 Å². The number of hydrogen-bond acceptors (Lipinski definition) is 4. The van der Waals surface area contributed by atoms with Gasteiger partial charge in [0.2, 0.25) is 0 Å². The molecule has 1 atom stereocenters. The first-order chi connectivity index (χ1) is 10.8. The molecule has 0 aliphatic rings. The first-order valence-corrected chi connectivity index (χ1v) is 6.88. The molecule has 0 aliphatic carbocycles. The zero-order valence-electron chi connectivity index (χ0n) is 12.8. The Kier molecular flexibility index (Phi) is 4.95. The molecular weight excluding hydrogens is 304 g/mol. The number of rotatable bonds is 5. The molecule has 0 aromatic heterocycles. The highest BCUT2D eigenvalue weighted by Crippen LogP contribution is 2.25. The van der Waals surface area contributed by atoms with Crippen LogP contribution >= 0.6 is 0 Å². The van der Waals surface area contributed by atoms with Crippen LogP contribution in [0.25, 0.3) is 0 Å². The minimum atomic E-state index is -1.61. The van der Waals surface area contributed by atoms with Crippen LogP contribution in [0.5, 0.6) is 11.5 Å². The van der Waals surface area contributed by atoms with Gasteiger partial charge in [0, 0.05) is 23.4 Å². The average molecular weight is 321 g/mol. The highest BCUT2D eigenvalue weighted by atomic mass is 19.1. The number of hydrogen-bond donors (Lipinski definition) is 2. The number of aromatic hydroxyl groups is 1. The molecule has 2 rings (SSSR count). The molecule has 4 nitrogen and oxygen atoms in total. The van der Waals surface area contributed by atoms with Gasteiger partial charge in [0.1, 0.15) is 28.7 Å². The maximum Gasteiger partial charge on any atom is 0.132 e. The third-order valence-corrected chi connectivity index (χ3v) is 3.38. The number of aliphatic imine (C=N–C) groups is 1. The fourth-order valence-electron chi connectivity index (χ4n) is 2.10. The molecule has 0 fully saturated rings. The van der Waals surface area contributed by atoms with Crippen molar-refractivity contribution in [3.8, 4) is 11.5 Å². The summed E-state index contributed by atoms with van der Waals surface area (Å²) in [5.74, 6) is -1.01. The van der Waals surface area contributed by atoms with Crippen LogP contribution in [0.15, 0.2) is 41.4 Å². The van der Waals surface area contributed by atoms with Gasteiger partial charge in [-0.1, -0.05) is 6.07 Å². The predicted molar refractivity (Wildman–Crippen MR) is 83.0 cm³/mol. The lowest BCUT2D eigenvalue weighted by Crippen LogP contribution is -2.26. The standard InChI is InChI=1S/C17H17F2NO3/c1-17(22,14-5-3-12(18)8-15(14)19)10-20-9-11-7-13(23-2)4-6-16(11)21/h3-9,21-22H,10H2,1-2H3. The molecule has 2 N–H and O–H groups in total. The van der Waals surface area contributed by atoms with E-state index >= 15 is 0 Å². The molecule has 0 heterocycles. The topological polar surface area (TPSA) is 62.0 Å². The smallest absolute Gasteiger partial charge is 0.132 e. The van der Waals surface area contributed by atoms with Gasteiger partial charge in [-0.2, -0.15) is 0 Å². The largest absolute Gasteiger partial charge is 0.507 e. The normalized spacial score (nSPS) is 14.0. The molecule has 0 bridgehead atoms. The van der Waals surface area contributed by atoms with E-state index in [-0.39, 0.29) is 17.9 Å². The summed E-state index contributed by atoms with van der Waals surface area (Å²) in [4.78, 5) is 4.04. The van der Waals surface area contributed by atoms with Crippen LogP contribution in [0, 0.1) is 11.6 Å². The first-order valence-electron chi connectivity index (χ1n) is 6.88. The number of ether oxygens (including phenoxy) is 1. The summed E-state index contributed by atoms with van der Waals surface area (Å²) < 4.78 is 31.7. The fourth-order valence-corrected chi connectivity index (χ4v) is 2.10. The third-order valence-electron chi connectivity index (χ3n) is 3.38. The van der Waals surface area contributed by atoms with Crippen molar-refractivity contribution in [2.45, 2.75) is 12.5 Å². The molecule has 23 heavy (non-hydrogen) atoms. The van der Waals surface area contributed by atoms with E-state index in [1.807, 2.05) is 0 Å². The maximum absolute atomic E-state index is 13.8. The Hall–Kier alpha value is -2.47. The van der Waals surface area contributed by atoms with Crippen molar-refractivity contribution in [3.63, 3.8) is 0 Å². The van der Waals surface area contributed by atoms with Crippen LogP contribution < -0.4 is 4.74 Å². The van der Waals surface area contributed by atoms with Crippen molar-refractivity contribution in [2.75, 3.05) is 13.7 Å². The van der Waals surface area contributed by atoms with Crippen LogP contribution in [0.2, 0.25) is 0 Å². The van der Waals surface area contributed by atoms with E-state index in [0.717, 1.165) is 6.07 Å². The Morgan fingerprint density at radius 2 is 1.96 bits per heavy atom. The number of phenolic OH excluding ortho intramolecular Hbond substituents is 1. The quantitative estimate of drug-likeness (QED) is 0.832. The van der Waals surface area contributed by atoms with Gasteiger partial charge < -0.3 is 14.9 Å². The highest BCUT2D eigenvalue weighted by Gasteiger charge is 2.26. The van der Waals surface area contributed by atoms with E-state index in [4.69, 9.17) is 4.74 Å². The summed E-state index contributed by atoms with van der Waals surface area (Å²) in [6.07, 6.45) is 1.35. The Morgan fingerprint density at radius 1 is 1.22 bits per heavy atom. The molecule has 0 aliphatic heterocycles. The molecule has 6 heteroatoms. The van der Waals surface area contributed by atoms with Crippen molar-refractivity contribution < 1.29 is 23.7 Å². The Labute approximate surface area is 132 Å². The monoisotopic (exact) mass is 321 g/mol. The number of aliphatic hydroxyl groups is 1. The molecule has 122 valence electrons. The molecule has 0 saturated heterocycles. The molecule has 2 aromatic carbocycles. The minimum Gasteiger partial charge on any atom is -0.507 e. The van der Waals surface area contributed by atoms with Gasteiger partial charge in [-0.15, -0.1) is 0 Å². The van der Waals surface area contributed by atoms with E-state index in [2.05, 4.69) is 4.99 Å². The summed E-state index contributed by atoms with van der Waals surface area (Å²) in [5, 5.41) is 20.1. The molecule has 0 saturated carbocycles. The zero-order chi connectivity index (χ0) is 17.0. The summed E-state index contributed by atoms with van der Waals surface area (Å²) >= 11 is 0. The second-order valence-electron chi connectivity index (χ2n) is 5.29. The molecule has 0 spiro atoms. The van der Waals surface area contributed by atoms with E-state index in [9.17, 15) is 19.0 Å². The Balaban J connectivity index is 2.18. The predicted octanol–water partition coefficient (Wildman–Crippen LogP) is 3.01.